The molecule has 1 atom stereocenters. The van der Waals surface area contributed by atoms with Gasteiger partial charge in [0.2, 0.25) is 0 Å². The minimum Gasteiger partial charge on any atom is -0.362 e. The molecular formula is C20H20ClFN2O2. The Bertz CT molecular complexity index is 796. The van der Waals surface area contributed by atoms with Gasteiger partial charge in [0, 0.05) is 30.3 Å². The second kappa shape index (κ2) is 6.99. The van der Waals surface area contributed by atoms with Gasteiger partial charge in [-0.2, -0.15) is 0 Å². The lowest BCUT2D eigenvalue weighted by molar-refractivity contribution is -0.137. The molecule has 0 saturated carbocycles. The molecule has 2 aromatic rings. The summed E-state index contributed by atoms with van der Waals surface area (Å²) in [6.45, 7) is 3.06. The molecule has 6 heteroatoms. The summed E-state index contributed by atoms with van der Waals surface area (Å²) in [5.41, 5.74) is 1.55. The van der Waals surface area contributed by atoms with E-state index < -0.39 is 0 Å². The van der Waals surface area contributed by atoms with E-state index >= 15 is 0 Å². The van der Waals surface area contributed by atoms with Crippen LogP contribution in [0.4, 0.5) is 10.1 Å². The number of morpholine rings is 1. The first kappa shape index (κ1) is 17.5. The summed E-state index contributed by atoms with van der Waals surface area (Å²) in [6.07, 6.45) is 0.867. The summed E-state index contributed by atoms with van der Waals surface area (Å²) in [5.74, 6) is -0.391. The van der Waals surface area contributed by atoms with Gasteiger partial charge < -0.3 is 9.64 Å². The van der Waals surface area contributed by atoms with Crippen LogP contribution >= 0.6 is 11.6 Å². The van der Waals surface area contributed by atoms with Gasteiger partial charge in [0.05, 0.1) is 6.54 Å². The Morgan fingerprint density at radius 1 is 1.08 bits per heavy atom. The van der Waals surface area contributed by atoms with Gasteiger partial charge in [-0.05, 0) is 48.4 Å². The van der Waals surface area contributed by atoms with Crippen LogP contribution in [0.15, 0.2) is 48.5 Å². The third kappa shape index (κ3) is 3.61. The predicted octanol–water partition coefficient (Wildman–Crippen LogP) is 3.49. The molecule has 4 nitrogen and oxygen atoms in total. The zero-order chi connectivity index (χ0) is 18.1. The molecule has 0 radical (unpaired) electrons. The number of carbonyl (C=O) groups excluding carboxylic acids is 1. The molecule has 2 aromatic carbocycles. The topological polar surface area (TPSA) is 32.8 Å². The van der Waals surface area contributed by atoms with Crippen LogP contribution in [0.25, 0.3) is 0 Å². The third-order valence-corrected chi connectivity index (χ3v) is 5.35. The van der Waals surface area contributed by atoms with Crippen molar-refractivity contribution < 1.29 is 13.9 Å². The van der Waals surface area contributed by atoms with Crippen molar-refractivity contribution in [1.82, 2.24) is 4.90 Å². The quantitative estimate of drug-likeness (QED) is 0.824. The second-order valence-electron chi connectivity index (χ2n) is 7.02. The molecule has 26 heavy (non-hydrogen) atoms. The first-order chi connectivity index (χ1) is 12.5. The summed E-state index contributed by atoms with van der Waals surface area (Å²) in [6, 6.07) is 13.9. The van der Waals surface area contributed by atoms with Crippen molar-refractivity contribution in [3.05, 3.63) is 64.9 Å². The Morgan fingerprint density at radius 2 is 1.81 bits per heavy atom. The highest BCUT2D eigenvalue weighted by Crippen LogP contribution is 2.32. The average Bonchev–Trinajstić information content (AvgIpc) is 3.02. The number of carbonyl (C=O) groups is 1. The zero-order valence-electron chi connectivity index (χ0n) is 14.3. The molecule has 0 N–H and O–H groups in total. The summed E-state index contributed by atoms with van der Waals surface area (Å²) in [7, 11) is 0. The smallest absolute Gasteiger partial charge is 0.253 e. The van der Waals surface area contributed by atoms with Gasteiger partial charge in [0.1, 0.15) is 18.0 Å². The summed E-state index contributed by atoms with van der Waals surface area (Å²) in [4.78, 5) is 16.4. The Hall–Kier alpha value is -1.95. The van der Waals surface area contributed by atoms with Crippen LogP contribution in [-0.4, -0.2) is 42.6 Å². The van der Waals surface area contributed by atoms with Crippen LogP contribution in [0, 0.1) is 5.82 Å². The molecule has 0 aliphatic carbocycles. The third-order valence-electron chi connectivity index (χ3n) is 5.10. The molecule has 1 unspecified atom stereocenters. The number of benzene rings is 2. The van der Waals surface area contributed by atoms with Crippen molar-refractivity contribution in [2.75, 3.05) is 31.1 Å². The highest BCUT2D eigenvalue weighted by molar-refractivity contribution is 6.30. The van der Waals surface area contributed by atoms with Crippen molar-refractivity contribution in [1.29, 1.82) is 0 Å². The highest BCUT2D eigenvalue weighted by Gasteiger charge is 2.45. The molecule has 2 fully saturated rings. The standard InChI is InChI=1S/C20H20ClFN2O2/c21-16-3-1-15(2-4-16)11-23-10-9-20(13-23)14-24(19(25)12-26-20)18-7-5-17(22)6-8-18/h1-8H,9-14H2. The molecule has 136 valence electrons. The van der Waals surface area contributed by atoms with Gasteiger partial charge >= 0.3 is 0 Å². The second-order valence-corrected chi connectivity index (χ2v) is 7.45. The summed E-state index contributed by atoms with van der Waals surface area (Å²) in [5, 5.41) is 0.732. The fraction of sp³-hybridized carbons (Fsp3) is 0.350. The number of ether oxygens (including phenoxy) is 1. The van der Waals surface area contributed by atoms with E-state index in [1.807, 2.05) is 24.3 Å². The van der Waals surface area contributed by atoms with E-state index in [1.165, 1.54) is 17.7 Å². The average molecular weight is 375 g/mol. The first-order valence-corrected chi connectivity index (χ1v) is 9.08. The number of anilines is 1. The van der Waals surface area contributed by atoms with Gasteiger partial charge in [-0.15, -0.1) is 0 Å². The lowest BCUT2D eigenvalue weighted by Crippen LogP contribution is -2.56. The van der Waals surface area contributed by atoms with E-state index in [1.54, 1.807) is 17.0 Å². The van der Waals surface area contributed by atoms with E-state index in [4.69, 9.17) is 16.3 Å². The van der Waals surface area contributed by atoms with Crippen molar-refractivity contribution >= 4 is 23.2 Å². The lowest BCUT2D eigenvalue weighted by Gasteiger charge is -2.40. The van der Waals surface area contributed by atoms with Crippen LogP contribution in [0.3, 0.4) is 0 Å². The Labute approximate surface area is 157 Å². The molecule has 0 aromatic heterocycles. The van der Waals surface area contributed by atoms with Crippen molar-refractivity contribution in [3.8, 4) is 0 Å². The van der Waals surface area contributed by atoms with Gasteiger partial charge in [-0.25, -0.2) is 4.39 Å². The molecule has 1 amide bonds. The van der Waals surface area contributed by atoms with Crippen LogP contribution in [0.2, 0.25) is 5.02 Å². The van der Waals surface area contributed by atoms with E-state index in [9.17, 15) is 9.18 Å². The minimum atomic E-state index is -0.366. The fourth-order valence-corrected chi connectivity index (χ4v) is 3.85. The van der Waals surface area contributed by atoms with Crippen LogP contribution in [-0.2, 0) is 16.1 Å². The van der Waals surface area contributed by atoms with Crippen molar-refractivity contribution in [3.63, 3.8) is 0 Å². The molecule has 2 saturated heterocycles. The Balaban J connectivity index is 1.46. The van der Waals surface area contributed by atoms with E-state index in [0.29, 0.717) is 6.54 Å². The highest BCUT2D eigenvalue weighted by atomic mass is 35.5. The van der Waals surface area contributed by atoms with E-state index in [0.717, 1.165) is 36.8 Å². The summed E-state index contributed by atoms with van der Waals surface area (Å²) >= 11 is 5.95. The number of likely N-dealkylation sites (tertiary alicyclic amines) is 1. The Morgan fingerprint density at radius 3 is 2.54 bits per heavy atom. The maximum absolute atomic E-state index is 13.2. The number of hydrogen-bond donors (Lipinski definition) is 0. The predicted molar refractivity (Wildman–Crippen MR) is 98.8 cm³/mol. The monoisotopic (exact) mass is 374 g/mol. The number of amides is 1. The van der Waals surface area contributed by atoms with Crippen molar-refractivity contribution in [2.45, 2.75) is 18.6 Å². The van der Waals surface area contributed by atoms with E-state index in [2.05, 4.69) is 4.90 Å². The van der Waals surface area contributed by atoms with Gasteiger partial charge in [-0.3, -0.25) is 9.69 Å². The molecule has 4 rings (SSSR count). The zero-order valence-corrected chi connectivity index (χ0v) is 15.1. The first-order valence-electron chi connectivity index (χ1n) is 8.70. The number of rotatable bonds is 3. The molecule has 2 heterocycles. The number of hydrogen-bond acceptors (Lipinski definition) is 3. The SMILES string of the molecule is O=C1COC2(CCN(Cc3ccc(Cl)cc3)C2)CN1c1ccc(F)cc1. The van der Waals surface area contributed by atoms with Gasteiger partial charge in [0.15, 0.2) is 0 Å². The summed E-state index contributed by atoms with van der Waals surface area (Å²) < 4.78 is 19.2. The number of nitrogens with zero attached hydrogens (tertiary/aromatic N) is 2. The van der Waals surface area contributed by atoms with Gasteiger partial charge in [-0.1, -0.05) is 23.7 Å². The number of halogens is 2. The largest absolute Gasteiger partial charge is 0.362 e. The van der Waals surface area contributed by atoms with Crippen molar-refractivity contribution in [2.24, 2.45) is 0 Å². The Kier molecular flexibility index (Phi) is 4.69. The molecule has 2 aliphatic heterocycles. The van der Waals surface area contributed by atoms with Crippen LogP contribution < -0.4 is 4.90 Å². The fourth-order valence-electron chi connectivity index (χ4n) is 3.73. The van der Waals surface area contributed by atoms with Gasteiger partial charge in [0.25, 0.3) is 5.91 Å². The molecular weight excluding hydrogens is 355 g/mol. The van der Waals surface area contributed by atoms with E-state index in [-0.39, 0.29) is 23.9 Å². The maximum atomic E-state index is 13.2. The van der Waals surface area contributed by atoms with Crippen LogP contribution in [0.5, 0.6) is 0 Å². The lowest BCUT2D eigenvalue weighted by atomic mass is 10.00. The normalized spacial score (nSPS) is 23.8. The van der Waals surface area contributed by atoms with Crippen LogP contribution in [0.1, 0.15) is 12.0 Å². The molecule has 2 aliphatic rings. The molecule has 0 bridgehead atoms. The maximum Gasteiger partial charge on any atom is 0.253 e. The molecule has 1 spiro atoms. The minimum absolute atomic E-state index is 0.0617.